The van der Waals surface area contributed by atoms with Crippen molar-refractivity contribution >= 4 is 28.6 Å². The van der Waals surface area contributed by atoms with E-state index >= 15 is 0 Å². The number of fused-ring (bicyclic) bond motifs is 1. The summed E-state index contributed by atoms with van der Waals surface area (Å²) in [5.74, 6) is -0.234. The first-order valence-corrected chi connectivity index (χ1v) is 7.37. The Labute approximate surface area is 125 Å². The van der Waals surface area contributed by atoms with Crippen molar-refractivity contribution in [1.82, 2.24) is 9.97 Å². The normalized spacial score (nSPS) is 10.7. The molecular weight excluding hydrogens is 284 g/mol. The Morgan fingerprint density at radius 2 is 2.00 bits per heavy atom. The van der Waals surface area contributed by atoms with Gasteiger partial charge in [-0.05, 0) is 35.9 Å². The van der Waals surface area contributed by atoms with Gasteiger partial charge >= 0.3 is 5.97 Å². The van der Waals surface area contributed by atoms with Crippen LogP contribution in [-0.2, 0) is 5.75 Å². The first-order valence-electron chi connectivity index (χ1n) is 6.38. The molecule has 0 spiro atoms. The minimum atomic E-state index is -1.01. The van der Waals surface area contributed by atoms with E-state index in [1.807, 2.05) is 30.3 Å². The first-order chi connectivity index (χ1) is 10.2. The predicted octanol–water partition coefficient (Wildman–Crippen LogP) is 3.62. The van der Waals surface area contributed by atoms with Crippen molar-refractivity contribution in [3.05, 3.63) is 66.1 Å². The van der Waals surface area contributed by atoms with Crippen LogP contribution in [0.25, 0.3) is 10.9 Å². The molecule has 0 radical (unpaired) electrons. The van der Waals surface area contributed by atoms with E-state index in [9.17, 15) is 4.79 Å². The lowest BCUT2D eigenvalue weighted by Gasteiger charge is -2.04. The van der Waals surface area contributed by atoms with E-state index in [1.54, 1.807) is 24.0 Å². The standard InChI is InChI=1S/C16H12N2O2S/c19-16(20)15-9-13(5-7-18-15)21-10-11-3-4-14-12(8-11)2-1-6-17-14/h1-9H,10H2,(H,19,20). The number of carbonyl (C=O) groups is 1. The van der Waals surface area contributed by atoms with Gasteiger partial charge in [0.15, 0.2) is 0 Å². The van der Waals surface area contributed by atoms with Gasteiger partial charge in [0, 0.05) is 28.4 Å². The van der Waals surface area contributed by atoms with Crippen LogP contribution in [0.5, 0.6) is 0 Å². The summed E-state index contributed by atoms with van der Waals surface area (Å²) < 4.78 is 0. The number of thioether (sulfide) groups is 1. The van der Waals surface area contributed by atoms with Crippen molar-refractivity contribution < 1.29 is 9.90 Å². The van der Waals surface area contributed by atoms with Crippen molar-refractivity contribution in [1.29, 1.82) is 0 Å². The Balaban J connectivity index is 1.77. The van der Waals surface area contributed by atoms with E-state index in [-0.39, 0.29) is 5.69 Å². The van der Waals surface area contributed by atoms with E-state index < -0.39 is 5.97 Å². The van der Waals surface area contributed by atoms with Gasteiger partial charge in [-0.25, -0.2) is 9.78 Å². The molecule has 0 aliphatic heterocycles. The molecule has 0 aliphatic carbocycles. The molecule has 0 amide bonds. The minimum absolute atomic E-state index is 0.0720. The summed E-state index contributed by atoms with van der Waals surface area (Å²) in [6, 6.07) is 13.5. The van der Waals surface area contributed by atoms with Crippen molar-refractivity contribution in [3.8, 4) is 0 Å². The molecule has 0 saturated heterocycles. The monoisotopic (exact) mass is 296 g/mol. The smallest absolute Gasteiger partial charge is 0.354 e. The van der Waals surface area contributed by atoms with Crippen molar-refractivity contribution in [3.63, 3.8) is 0 Å². The van der Waals surface area contributed by atoms with Crippen molar-refractivity contribution in [2.75, 3.05) is 0 Å². The third-order valence-electron chi connectivity index (χ3n) is 3.02. The van der Waals surface area contributed by atoms with Gasteiger partial charge < -0.3 is 5.11 Å². The summed E-state index contributed by atoms with van der Waals surface area (Å²) >= 11 is 1.59. The van der Waals surface area contributed by atoms with Crippen LogP contribution in [0.2, 0.25) is 0 Å². The Bertz CT molecular complexity index is 805. The molecule has 5 heteroatoms. The number of hydrogen-bond donors (Lipinski definition) is 1. The van der Waals surface area contributed by atoms with Gasteiger partial charge in [-0.15, -0.1) is 11.8 Å². The summed E-state index contributed by atoms with van der Waals surface area (Å²) in [6.07, 6.45) is 3.30. The molecule has 0 bridgehead atoms. The average Bonchev–Trinajstić information content (AvgIpc) is 2.53. The summed E-state index contributed by atoms with van der Waals surface area (Å²) in [6.45, 7) is 0. The third kappa shape index (κ3) is 3.20. The van der Waals surface area contributed by atoms with Crippen LogP contribution in [0, 0.1) is 0 Å². The number of hydrogen-bond acceptors (Lipinski definition) is 4. The van der Waals surface area contributed by atoms with Gasteiger partial charge in [0.25, 0.3) is 0 Å². The fourth-order valence-corrected chi connectivity index (χ4v) is 2.86. The second-order valence-corrected chi connectivity index (χ2v) is 5.55. The van der Waals surface area contributed by atoms with E-state index in [0.29, 0.717) is 0 Å². The van der Waals surface area contributed by atoms with Crippen LogP contribution in [-0.4, -0.2) is 21.0 Å². The number of aromatic nitrogens is 2. The lowest BCUT2D eigenvalue weighted by atomic mass is 10.1. The summed E-state index contributed by atoms with van der Waals surface area (Å²) in [7, 11) is 0. The molecule has 0 unspecified atom stereocenters. The van der Waals surface area contributed by atoms with Crippen LogP contribution in [0.15, 0.2) is 59.8 Å². The summed E-state index contributed by atoms with van der Waals surface area (Å²) in [5.41, 5.74) is 2.22. The lowest BCUT2D eigenvalue weighted by molar-refractivity contribution is 0.0690. The predicted molar refractivity (Wildman–Crippen MR) is 82.5 cm³/mol. The van der Waals surface area contributed by atoms with Crippen LogP contribution in [0.1, 0.15) is 16.1 Å². The molecule has 21 heavy (non-hydrogen) atoms. The van der Waals surface area contributed by atoms with E-state index in [4.69, 9.17) is 5.11 Å². The molecule has 3 rings (SSSR count). The number of nitrogens with zero attached hydrogens (tertiary/aromatic N) is 2. The molecule has 2 aromatic heterocycles. The lowest BCUT2D eigenvalue weighted by Crippen LogP contribution is -1.99. The Morgan fingerprint density at radius 3 is 2.86 bits per heavy atom. The van der Waals surface area contributed by atoms with E-state index in [0.717, 1.165) is 21.6 Å². The number of pyridine rings is 2. The summed E-state index contributed by atoms with van der Waals surface area (Å²) in [5, 5.41) is 10.0. The first kappa shape index (κ1) is 13.6. The molecule has 4 nitrogen and oxygen atoms in total. The Morgan fingerprint density at radius 1 is 1.10 bits per heavy atom. The molecule has 0 aliphatic rings. The highest BCUT2D eigenvalue weighted by Crippen LogP contribution is 2.24. The molecule has 1 aromatic carbocycles. The van der Waals surface area contributed by atoms with Gasteiger partial charge in [-0.1, -0.05) is 12.1 Å². The zero-order valence-electron chi connectivity index (χ0n) is 11.1. The van der Waals surface area contributed by atoms with Crippen LogP contribution < -0.4 is 0 Å². The second-order valence-electron chi connectivity index (χ2n) is 4.50. The summed E-state index contributed by atoms with van der Waals surface area (Å²) in [4.78, 5) is 19.9. The van der Waals surface area contributed by atoms with Crippen LogP contribution in [0.4, 0.5) is 0 Å². The fourth-order valence-electron chi connectivity index (χ4n) is 2.00. The topological polar surface area (TPSA) is 63.1 Å². The van der Waals surface area contributed by atoms with Gasteiger partial charge in [0.2, 0.25) is 0 Å². The highest BCUT2D eigenvalue weighted by Gasteiger charge is 2.05. The number of carboxylic acids is 1. The van der Waals surface area contributed by atoms with Gasteiger partial charge in [0.05, 0.1) is 5.52 Å². The Hall–Kier alpha value is -2.40. The molecule has 0 atom stereocenters. The maximum Gasteiger partial charge on any atom is 0.354 e. The van der Waals surface area contributed by atoms with Crippen LogP contribution in [0.3, 0.4) is 0 Å². The van der Waals surface area contributed by atoms with Gasteiger partial charge in [-0.2, -0.15) is 0 Å². The minimum Gasteiger partial charge on any atom is -0.477 e. The maximum atomic E-state index is 10.9. The Kier molecular flexibility index (Phi) is 3.83. The average molecular weight is 296 g/mol. The molecular formula is C16H12N2O2S. The van der Waals surface area contributed by atoms with E-state index in [2.05, 4.69) is 16.0 Å². The van der Waals surface area contributed by atoms with Crippen molar-refractivity contribution in [2.45, 2.75) is 10.6 Å². The molecule has 1 N–H and O–H groups in total. The third-order valence-corrected chi connectivity index (χ3v) is 4.09. The number of rotatable bonds is 4. The number of carboxylic acid groups (broad SMARTS) is 1. The SMILES string of the molecule is O=C(O)c1cc(SCc2ccc3ncccc3c2)ccn1. The maximum absolute atomic E-state index is 10.9. The van der Waals surface area contributed by atoms with E-state index in [1.165, 1.54) is 11.8 Å². The largest absolute Gasteiger partial charge is 0.477 e. The highest BCUT2D eigenvalue weighted by atomic mass is 32.2. The second kappa shape index (κ2) is 5.93. The fraction of sp³-hybridized carbons (Fsp3) is 0.0625. The number of aromatic carboxylic acids is 1. The van der Waals surface area contributed by atoms with Gasteiger partial charge in [0.1, 0.15) is 5.69 Å². The highest BCUT2D eigenvalue weighted by molar-refractivity contribution is 7.98. The zero-order valence-corrected chi connectivity index (χ0v) is 11.9. The number of benzene rings is 1. The van der Waals surface area contributed by atoms with Crippen molar-refractivity contribution in [2.24, 2.45) is 0 Å². The zero-order chi connectivity index (χ0) is 14.7. The molecule has 2 heterocycles. The molecule has 0 saturated carbocycles. The van der Waals surface area contributed by atoms with Crippen LogP contribution >= 0.6 is 11.8 Å². The molecule has 3 aromatic rings. The molecule has 104 valence electrons. The molecule has 0 fully saturated rings. The quantitative estimate of drug-likeness (QED) is 0.745. The van der Waals surface area contributed by atoms with Gasteiger partial charge in [-0.3, -0.25) is 4.98 Å².